The molecule has 0 aliphatic heterocycles. The highest BCUT2D eigenvalue weighted by Gasteiger charge is 2.37. The molecule has 10 heteroatoms. The summed E-state index contributed by atoms with van der Waals surface area (Å²) in [4.78, 5) is 29.1. The van der Waals surface area contributed by atoms with Crippen LogP contribution >= 0.6 is 34.7 Å². The topological polar surface area (TPSA) is 80.8 Å². The van der Waals surface area contributed by atoms with Crippen molar-refractivity contribution in [1.29, 1.82) is 0 Å². The van der Waals surface area contributed by atoms with E-state index in [0.29, 0.717) is 22.7 Å². The molecule has 1 fully saturated rings. The fourth-order valence-electron chi connectivity index (χ4n) is 4.19. The van der Waals surface area contributed by atoms with Gasteiger partial charge in [-0.25, -0.2) is 0 Å². The molecule has 1 saturated carbocycles. The minimum absolute atomic E-state index is 0.00957. The zero-order valence-electron chi connectivity index (χ0n) is 19.3. The molecule has 1 aromatic heterocycles. The standard InChI is InChI=1S/C25H25Cl2N3O4S/c1-33-18-11-7-15(8-12-18)22(24(31)28-16-5-3-4-6-16)30(17-9-13-19(34-2)14-10-17)25(32)21-20(26)23(27)35-29-21/h7-14,16,22H,3-6H2,1-2H3,(H,28,31)/t22-/m0/s1. The first-order valence-electron chi connectivity index (χ1n) is 11.2. The van der Waals surface area contributed by atoms with Crippen molar-refractivity contribution in [2.75, 3.05) is 19.1 Å². The zero-order chi connectivity index (χ0) is 24.9. The van der Waals surface area contributed by atoms with E-state index in [4.69, 9.17) is 32.7 Å². The van der Waals surface area contributed by atoms with Crippen LogP contribution in [0.25, 0.3) is 0 Å². The lowest BCUT2D eigenvalue weighted by molar-refractivity contribution is -0.123. The van der Waals surface area contributed by atoms with Gasteiger partial charge in [-0.1, -0.05) is 48.2 Å². The second-order valence-corrected chi connectivity index (χ2v) is 9.91. The van der Waals surface area contributed by atoms with Crippen LogP contribution in [0.5, 0.6) is 11.5 Å². The fourth-order valence-corrected chi connectivity index (χ4v) is 5.17. The van der Waals surface area contributed by atoms with Gasteiger partial charge in [0.1, 0.15) is 26.9 Å². The number of hydrogen-bond acceptors (Lipinski definition) is 6. The second kappa shape index (κ2) is 11.3. The van der Waals surface area contributed by atoms with E-state index < -0.39 is 11.9 Å². The highest BCUT2D eigenvalue weighted by molar-refractivity contribution is 7.11. The largest absolute Gasteiger partial charge is 0.497 e. The molecular weight excluding hydrogens is 509 g/mol. The lowest BCUT2D eigenvalue weighted by Crippen LogP contribution is -2.46. The number of carbonyl (C=O) groups excluding carboxylic acids is 2. The summed E-state index contributed by atoms with van der Waals surface area (Å²) >= 11 is 13.4. The molecule has 1 aliphatic rings. The average molecular weight is 534 g/mol. The van der Waals surface area contributed by atoms with Gasteiger partial charge in [0.2, 0.25) is 5.91 Å². The normalized spacial score (nSPS) is 14.4. The summed E-state index contributed by atoms with van der Waals surface area (Å²) < 4.78 is 14.9. The molecule has 3 aromatic rings. The molecule has 0 saturated heterocycles. The van der Waals surface area contributed by atoms with Crippen molar-refractivity contribution >= 4 is 52.2 Å². The maximum absolute atomic E-state index is 13.9. The van der Waals surface area contributed by atoms with E-state index in [-0.39, 0.29) is 27.0 Å². The van der Waals surface area contributed by atoms with Crippen molar-refractivity contribution in [1.82, 2.24) is 9.69 Å². The van der Waals surface area contributed by atoms with Gasteiger partial charge in [0, 0.05) is 11.7 Å². The van der Waals surface area contributed by atoms with Gasteiger partial charge < -0.3 is 14.8 Å². The van der Waals surface area contributed by atoms with Crippen molar-refractivity contribution in [2.45, 2.75) is 37.8 Å². The Labute approximate surface area is 218 Å². The minimum Gasteiger partial charge on any atom is -0.497 e. The maximum atomic E-state index is 13.9. The number of anilines is 1. The third-order valence-corrected chi connectivity index (χ3v) is 7.62. The van der Waals surface area contributed by atoms with Gasteiger partial charge in [0.15, 0.2) is 5.69 Å². The van der Waals surface area contributed by atoms with Crippen LogP contribution < -0.4 is 19.7 Å². The molecule has 7 nitrogen and oxygen atoms in total. The lowest BCUT2D eigenvalue weighted by atomic mass is 10.0. The van der Waals surface area contributed by atoms with Gasteiger partial charge in [-0.3, -0.25) is 14.5 Å². The maximum Gasteiger partial charge on any atom is 0.280 e. The van der Waals surface area contributed by atoms with E-state index in [2.05, 4.69) is 9.69 Å². The van der Waals surface area contributed by atoms with E-state index in [0.717, 1.165) is 37.2 Å². The van der Waals surface area contributed by atoms with Crippen LogP contribution in [-0.2, 0) is 4.79 Å². The molecule has 1 heterocycles. The lowest BCUT2D eigenvalue weighted by Gasteiger charge is -2.32. The SMILES string of the molecule is COc1ccc([C@@H](C(=O)NC2CCCC2)N(C(=O)c2nsc(Cl)c2Cl)c2ccc(OC)cc2)cc1. The Morgan fingerprint density at radius 1 is 1.00 bits per heavy atom. The Balaban J connectivity index is 1.83. The number of hydrogen-bond donors (Lipinski definition) is 1. The summed E-state index contributed by atoms with van der Waals surface area (Å²) in [5.74, 6) is 0.432. The highest BCUT2D eigenvalue weighted by atomic mass is 35.5. The number of rotatable bonds is 8. The van der Waals surface area contributed by atoms with E-state index in [1.54, 1.807) is 62.8 Å². The summed E-state index contributed by atoms with van der Waals surface area (Å²) in [6.45, 7) is 0. The zero-order valence-corrected chi connectivity index (χ0v) is 21.6. The van der Waals surface area contributed by atoms with Gasteiger partial charge in [-0.15, -0.1) is 0 Å². The van der Waals surface area contributed by atoms with E-state index >= 15 is 0 Å². The van der Waals surface area contributed by atoms with Crippen LogP contribution in [0.3, 0.4) is 0 Å². The number of nitrogens with one attached hydrogen (secondary N) is 1. The molecule has 2 amide bonds. The number of aromatic nitrogens is 1. The molecular formula is C25H25Cl2N3O4S. The summed E-state index contributed by atoms with van der Waals surface area (Å²) in [5, 5.41) is 3.20. The van der Waals surface area contributed by atoms with Gasteiger partial charge in [0.25, 0.3) is 5.91 Å². The Kier molecular flexibility index (Phi) is 8.15. The van der Waals surface area contributed by atoms with Gasteiger partial charge >= 0.3 is 0 Å². The number of halogens is 2. The molecule has 1 aliphatic carbocycles. The second-order valence-electron chi connectivity index (χ2n) is 8.16. The van der Waals surface area contributed by atoms with Gasteiger partial charge in [-0.2, -0.15) is 4.37 Å². The van der Waals surface area contributed by atoms with E-state index in [1.807, 2.05) is 0 Å². The summed E-state index contributed by atoms with van der Waals surface area (Å²) in [7, 11) is 3.13. The van der Waals surface area contributed by atoms with E-state index in [1.165, 1.54) is 4.90 Å². The Bertz CT molecular complexity index is 1180. The van der Waals surface area contributed by atoms with Crippen molar-refractivity contribution in [3.05, 3.63) is 69.1 Å². The van der Waals surface area contributed by atoms with Gasteiger partial charge in [-0.05, 0) is 66.3 Å². The molecule has 0 spiro atoms. The third-order valence-electron chi connectivity index (χ3n) is 6.01. The smallest absolute Gasteiger partial charge is 0.280 e. The van der Waals surface area contributed by atoms with Crippen molar-refractivity contribution in [3.63, 3.8) is 0 Å². The predicted molar refractivity (Wildman–Crippen MR) is 138 cm³/mol. The summed E-state index contributed by atoms with van der Waals surface area (Å²) in [6, 6.07) is 13.0. The summed E-state index contributed by atoms with van der Waals surface area (Å²) in [6.07, 6.45) is 3.94. The van der Waals surface area contributed by atoms with Crippen LogP contribution in [0, 0.1) is 0 Å². The molecule has 184 valence electrons. The molecule has 1 atom stereocenters. The van der Waals surface area contributed by atoms with Crippen molar-refractivity contribution in [3.8, 4) is 11.5 Å². The molecule has 0 radical (unpaired) electrons. The molecule has 2 aromatic carbocycles. The molecule has 0 unspecified atom stereocenters. The highest BCUT2D eigenvalue weighted by Crippen LogP contribution is 2.36. The van der Waals surface area contributed by atoms with Gasteiger partial charge in [0.05, 0.1) is 14.2 Å². The first-order chi connectivity index (χ1) is 16.9. The predicted octanol–water partition coefficient (Wildman–Crippen LogP) is 5.91. The molecule has 0 bridgehead atoms. The Hall–Kier alpha value is -2.81. The Morgan fingerprint density at radius 2 is 1.57 bits per heavy atom. The minimum atomic E-state index is -0.987. The quantitative estimate of drug-likeness (QED) is 0.389. The average Bonchev–Trinajstić information content (AvgIpc) is 3.51. The van der Waals surface area contributed by atoms with Crippen LogP contribution in [0.15, 0.2) is 48.5 Å². The number of nitrogens with zero attached hydrogens (tertiary/aromatic N) is 2. The molecule has 1 N–H and O–H groups in total. The summed E-state index contributed by atoms with van der Waals surface area (Å²) in [5.41, 5.74) is 1.09. The Morgan fingerprint density at radius 3 is 2.09 bits per heavy atom. The number of ether oxygens (including phenoxy) is 2. The number of carbonyl (C=O) groups is 2. The fraction of sp³-hybridized carbons (Fsp3) is 0.320. The first kappa shape index (κ1) is 25.3. The first-order valence-corrected chi connectivity index (χ1v) is 12.7. The molecule has 4 rings (SSSR count). The van der Waals surface area contributed by atoms with Crippen molar-refractivity contribution in [2.24, 2.45) is 0 Å². The third kappa shape index (κ3) is 5.55. The van der Waals surface area contributed by atoms with Crippen LogP contribution in [-0.4, -0.2) is 36.4 Å². The van der Waals surface area contributed by atoms with Crippen LogP contribution in [0.1, 0.15) is 47.8 Å². The van der Waals surface area contributed by atoms with E-state index in [9.17, 15) is 9.59 Å². The number of amides is 2. The molecule has 35 heavy (non-hydrogen) atoms. The number of methoxy groups -OCH3 is 2. The number of benzene rings is 2. The van der Waals surface area contributed by atoms with Crippen LogP contribution in [0.2, 0.25) is 9.36 Å². The van der Waals surface area contributed by atoms with Crippen molar-refractivity contribution < 1.29 is 19.1 Å². The van der Waals surface area contributed by atoms with Crippen LogP contribution in [0.4, 0.5) is 5.69 Å². The monoisotopic (exact) mass is 533 g/mol.